The number of rotatable bonds is 4. The molecule has 9 heteroatoms. The quantitative estimate of drug-likeness (QED) is 0.574. The van der Waals surface area contributed by atoms with Crippen LogP contribution in [0, 0.1) is 0 Å². The van der Waals surface area contributed by atoms with Crippen molar-refractivity contribution in [2.75, 3.05) is 19.8 Å². The van der Waals surface area contributed by atoms with Gasteiger partial charge < -0.3 is 9.64 Å². The largest absolute Gasteiger partial charge is 0.411 e. The molecule has 0 aliphatic carbocycles. The number of nitrogens with zero attached hydrogens (tertiary/aromatic N) is 1. The van der Waals surface area contributed by atoms with Crippen molar-refractivity contribution in [2.24, 2.45) is 0 Å². The molecule has 0 bridgehead atoms. The Morgan fingerprint density at radius 3 is 2.68 bits per heavy atom. The van der Waals surface area contributed by atoms with Crippen LogP contribution in [0.5, 0.6) is 0 Å². The molecule has 6 nitrogen and oxygen atoms in total. The third kappa shape index (κ3) is 4.86. The Balaban J connectivity index is 2.40. The molecule has 1 aliphatic heterocycles. The molecule has 1 saturated heterocycles. The van der Waals surface area contributed by atoms with E-state index in [0.29, 0.717) is 0 Å². The maximum Gasteiger partial charge on any atom is 0.411 e. The minimum Gasteiger partial charge on any atom is -0.372 e. The summed E-state index contributed by atoms with van der Waals surface area (Å²) >= 11 is 0. The summed E-state index contributed by atoms with van der Waals surface area (Å²) in [4.78, 5) is 35.0. The first-order chi connectivity index (χ1) is 8.70. The molecule has 1 heterocycles. The summed E-state index contributed by atoms with van der Waals surface area (Å²) in [6, 6.07) is -0.826. The maximum atomic E-state index is 11.8. The molecule has 1 fully saturated rings. The van der Waals surface area contributed by atoms with Gasteiger partial charge in [-0.3, -0.25) is 19.7 Å². The standard InChI is InChI=1S/C10H13F3N2O4/c1-6-9(18)14-7(16)4-15(6)8(17)2-3-19-5-10(11,12)13/h6H,2-5H2,1H3,(H,14,16,18). The molecular formula is C10H13F3N2O4. The zero-order valence-electron chi connectivity index (χ0n) is 10.1. The summed E-state index contributed by atoms with van der Waals surface area (Å²) in [6.07, 6.45) is -4.77. The summed E-state index contributed by atoms with van der Waals surface area (Å²) < 4.78 is 39.6. The molecule has 0 spiro atoms. The van der Waals surface area contributed by atoms with Crippen LogP contribution in [-0.2, 0) is 19.1 Å². The third-order valence-electron chi connectivity index (χ3n) is 2.47. The number of carbonyl (C=O) groups is 3. The van der Waals surface area contributed by atoms with Crippen molar-refractivity contribution >= 4 is 17.7 Å². The highest BCUT2D eigenvalue weighted by molar-refractivity contribution is 6.04. The summed E-state index contributed by atoms with van der Waals surface area (Å²) in [5.41, 5.74) is 0. The van der Waals surface area contributed by atoms with Crippen LogP contribution in [0.4, 0.5) is 13.2 Å². The minimum atomic E-state index is -4.45. The second-order valence-corrected chi connectivity index (χ2v) is 4.03. The molecule has 1 rings (SSSR count). The third-order valence-corrected chi connectivity index (χ3v) is 2.47. The van der Waals surface area contributed by atoms with Crippen molar-refractivity contribution < 1.29 is 32.3 Å². The van der Waals surface area contributed by atoms with E-state index >= 15 is 0 Å². The Hall–Kier alpha value is -1.64. The SMILES string of the molecule is CC1C(=O)NC(=O)CN1C(=O)CCOCC(F)(F)F. The van der Waals surface area contributed by atoms with E-state index in [2.05, 4.69) is 4.74 Å². The van der Waals surface area contributed by atoms with Crippen molar-refractivity contribution in [1.29, 1.82) is 0 Å². The van der Waals surface area contributed by atoms with Gasteiger partial charge in [0.25, 0.3) is 0 Å². The summed E-state index contributed by atoms with van der Waals surface area (Å²) in [5.74, 6) is -1.83. The van der Waals surface area contributed by atoms with E-state index in [1.54, 1.807) is 0 Å². The van der Waals surface area contributed by atoms with Crippen molar-refractivity contribution in [2.45, 2.75) is 25.6 Å². The fraction of sp³-hybridized carbons (Fsp3) is 0.700. The van der Waals surface area contributed by atoms with Crippen molar-refractivity contribution in [3.63, 3.8) is 0 Å². The Kier molecular flexibility index (Phi) is 4.87. The van der Waals surface area contributed by atoms with E-state index < -0.39 is 43.2 Å². The van der Waals surface area contributed by atoms with Gasteiger partial charge in [0, 0.05) is 0 Å². The van der Waals surface area contributed by atoms with Crippen LogP contribution in [-0.4, -0.2) is 54.6 Å². The molecule has 108 valence electrons. The highest BCUT2D eigenvalue weighted by Gasteiger charge is 2.33. The monoisotopic (exact) mass is 282 g/mol. The molecular weight excluding hydrogens is 269 g/mol. The summed E-state index contributed by atoms with van der Waals surface area (Å²) in [7, 11) is 0. The van der Waals surface area contributed by atoms with Gasteiger partial charge in [-0.2, -0.15) is 13.2 Å². The zero-order valence-corrected chi connectivity index (χ0v) is 10.1. The van der Waals surface area contributed by atoms with Gasteiger partial charge in [-0.25, -0.2) is 0 Å². The number of nitrogens with one attached hydrogen (secondary N) is 1. The summed E-state index contributed by atoms with van der Waals surface area (Å²) in [6.45, 7) is -0.714. The number of ether oxygens (including phenoxy) is 1. The van der Waals surface area contributed by atoms with Gasteiger partial charge in [0.2, 0.25) is 17.7 Å². The molecule has 19 heavy (non-hydrogen) atoms. The lowest BCUT2D eigenvalue weighted by molar-refractivity contribution is -0.175. The molecule has 0 aromatic rings. The van der Waals surface area contributed by atoms with E-state index in [4.69, 9.17) is 0 Å². The van der Waals surface area contributed by atoms with Crippen LogP contribution in [0.3, 0.4) is 0 Å². The zero-order chi connectivity index (χ0) is 14.6. The number of carbonyl (C=O) groups excluding carboxylic acids is 3. The van der Waals surface area contributed by atoms with Crippen LogP contribution in [0.2, 0.25) is 0 Å². The molecule has 0 saturated carbocycles. The fourth-order valence-electron chi connectivity index (χ4n) is 1.51. The molecule has 0 aromatic heterocycles. The lowest BCUT2D eigenvalue weighted by Gasteiger charge is -2.31. The second-order valence-electron chi connectivity index (χ2n) is 4.03. The van der Waals surface area contributed by atoms with Gasteiger partial charge >= 0.3 is 6.18 Å². The highest BCUT2D eigenvalue weighted by atomic mass is 19.4. The lowest BCUT2D eigenvalue weighted by Crippen LogP contribution is -2.58. The summed E-state index contributed by atoms with van der Waals surface area (Å²) in [5, 5.41) is 2.05. The van der Waals surface area contributed by atoms with E-state index in [-0.39, 0.29) is 13.0 Å². The molecule has 0 aromatic carbocycles. The van der Waals surface area contributed by atoms with Crippen LogP contribution in [0.1, 0.15) is 13.3 Å². The average Bonchev–Trinajstić information content (AvgIpc) is 2.27. The number of hydrogen-bond donors (Lipinski definition) is 1. The van der Waals surface area contributed by atoms with E-state index in [1.165, 1.54) is 6.92 Å². The van der Waals surface area contributed by atoms with E-state index in [0.717, 1.165) is 4.90 Å². The normalized spacial score (nSPS) is 20.4. The van der Waals surface area contributed by atoms with Crippen molar-refractivity contribution in [1.82, 2.24) is 10.2 Å². The van der Waals surface area contributed by atoms with Gasteiger partial charge in [-0.05, 0) is 6.92 Å². The first-order valence-electron chi connectivity index (χ1n) is 5.48. The predicted molar refractivity (Wildman–Crippen MR) is 55.8 cm³/mol. The molecule has 1 unspecified atom stereocenters. The minimum absolute atomic E-state index is 0.287. The van der Waals surface area contributed by atoms with Crippen molar-refractivity contribution in [3.8, 4) is 0 Å². The van der Waals surface area contributed by atoms with Gasteiger partial charge in [0.15, 0.2) is 0 Å². The predicted octanol–water partition coefficient (Wildman–Crippen LogP) is -0.171. The second kappa shape index (κ2) is 6.00. The van der Waals surface area contributed by atoms with Gasteiger partial charge in [-0.1, -0.05) is 0 Å². The number of alkyl halides is 3. The van der Waals surface area contributed by atoms with Crippen LogP contribution >= 0.6 is 0 Å². The van der Waals surface area contributed by atoms with E-state index in [1.807, 2.05) is 5.32 Å². The fourth-order valence-corrected chi connectivity index (χ4v) is 1.51. The molecule has 1 N–H and O–H groups in total. The topological polar surface area (TPSA) is 75.7 Å². The van der Waals surface area contributed by atoms with Crippen molar-refractivity contribution in [3.05, 3.63) is 0 Å². The van der Waals surface area contributed by atoms with Crippen LogP contribution < -0.4 is 5.32 Å². The lowest BCUT2D eigenvalue weighted by atomic mass is 10.2. The Morgan fingerprint density at radius 1 is 1.47 bits per heavy atom. The van der Waals surface area contributed by atoms with Crippen LogP contribution in [0.15, 0.2) is 0 Å². The Morgan fingerprint density at radius 2 is 2.11 bits per heavy atom. The number of imide groups is 1. The van der Waals surface area contributed by atoms with Gasteiger partial charge in [-0.15, -0.1) is 0 Å². The van der Waals surface area contributed by atoms with Gasteiger partial charge in [0.1, 0.15) is 19.2 Å². The number of amides is 3. The highest BCUT2D eigenvalue weighted by Crippen LogP contribution is 2.14. The van der Waals surface area contributed by atoms with E-state index in [9.17, 15) is 27.6 Å². The number of halogens is 3. The number of hydrogen-bond acceptors (Lipinski definition) is 4. The first-order valence-corrected chi connectivity index (χ1v) is 5.48. The Bertz CT molecular complexity index is 383. The molecule has 3 amide bonds. The molecule has 1 aliphatic rings. The maximum absolute atomic E-state index is 11.8. The smallest absolute Gasteiger partial charge is 0.372 e. The molecule has 1 atom stereocenters. The Labute approximate surface area is 106 Å². The average molecular weight is 282 g/mol. The number of piperazine rings is 1. The first kappa shape index (κ1) is 15.4. The van der Waals surface area contributed by atoms with Gasteiger partial charge in [0.05, 0.1) is 13.0 Å². The van der Waals surface area contributed by atoms with Crippen LogP contribution in [0.25, 0.3) is 0 Å². The molecule has 0 radical (unpaired) electrons.